The fourth-order valence-electron chi connectivity index (χ4n) is 4.54. The Morgan fingerprint density at radius 1 is 0.829 bits per heavy atom. The maximum atomic E-state index is 12.2. The molecule has 0 aliphatic carbocycles. The van der Waals surface area contributed by atoms with Gasteiger partial charge in [0.05, 0.1) is 6.61 Å². The van der Waals surface area contributed by atoms with Crippen LogP contribution < -0.4 is 10.2 Å². The molecule has 0 radical (unpaired) electrons. The van der Waals surface area contributed by atoms with E-state index in [-0.39, 0.29) is 5.43 Å². The molecular formula is C30H56N2O3. The molecule has 0 aromatic carbocycles. The highest BCUT2D eigenvalue weighted by Crippen LogP contribution is 2.23. The molecule has 0 amide bonds. The van der Waals surface area contributed by atoms with Crippen molar-refractivity contribution in [2.24, 2.45) is 0 Å². The number of H-pyrrole nitrogens is 1. The molecule has 1 rings (SSSR count). The summed E-state index contributed by atoms with van der Waals surface area (Å²) in [6, 6.07) is 1.52. The van der Waals surface area contributed by atoms with Crippen LogP contribution >= 0.6 is 0 Å². The van der Waals surface area contributed by atoms with Gasteiger partial charge in [-0.1, -0.05) is 96.8 Å². The average molecular weight is 493 g/mol. The van der Waals surface area contributed by atoms with E-state index in [0.717, 1.165) is 25.8 Å². The molecule has 5 nitrogen and oxygen atoms in total. The van der Waals surface area contributed by atoms with Gasteiger partial charge in [0.1, 0.15) is 5.60 Å². The predicted molar refractivity (Wildman–Crippen MR) is 150 cm³/mol. The molecule has 1 heterocycles. The van der Waals surface area contributed by atoms with Crippen LogP contribution in [0.5, 0.6) is 5.75 Å². The van der Waals surface area contributed by atoms with Crippen molar-refractivity contribution in [1.82, 2.24) is 9.88 Å². The minimum atomic E-state index is -0.483. The van der Waals surface area contributed by atoms with E-state index in [2.05, 4.69) is 37.8 Å². The molecule has 0 aliphatic heterocycles. The Hall–Kier alpha value is -1.33. The number of aromatic nitrogens is 1. The summed E-state index contributed by atoms with van der Waals surface area (Å²) in [7, 11) is 4.15. The van der Waals surface area contributed by atoms with Crippen LogP contribution in [0.3, 0.4) is 0 Å². The minimum absolute atomic E-state index is 0.0842. The number of aromatic amines is 1. The van der Waals surface area contributed by atoms with Crippen molar-refractivity contribution in [3.05, 3.63) is 28.7 Å². The van der Waals surface area contributed by atoms with Crippen LogP contribution in [0, 0.1) is 0 Å². The molecule has 1 atom stereocenters. The van der Waals surface area contributed by atoms with E-state index in [1.807, 2.05) is 0 Å². The highest BCUT2D eigenvalue weighted by molar-refractivity contribution is 5.17. The first-order chi connectivity index (χ1) is 17.0. The van der Waals surface area contributed by atoms with Gasteiger partial charge >= 0.3 is 0 Å². The molecule has 1 aromatic heterocycles. The Morgan fingerprint density at radius 3 is 1.89 bits per heavy atom. The molecule has 0 fully saturated rings. The second-order valence-corrected chi connectivity index (χ2v) is 10.8. The van der Waals surface area contributed by atoms with Gasteiger partial charge in [-0.15, -0.1) is 0 Å². The van der Waals surface area contributed by atoms with E-state index in [1.165, 1.54) is 96.0 Å². The first-order valence-electron chi connectivity index (χ1n) is 14.6. The van der Waals surface area contributed by atoms with Gasteiger partial charge < -0.3 is 19.4 Å². The smallest absolute Gasteiger partial charge is 0.223 e. The summed E-state index contributed by atoms with van der Waals surface area (Å²) >= 11 is 0. The quantitative estimate of drug-likeness (QED) is 0.150. The third kappa shape index (κ3) is 17.7. The molecule has 1 unspecified atom stereocenters. The molecule has 0 aliphatic rings. The van der Waals surface area contributed by atoms with E-state index in [0.29, 0.717) is 19.0 Å². The molecule has 1 aromatic rings. The predicted octanol–water partition coefficient (Wildman–Crippen LogP) is 7.74. The van der Waals surface area contributed by atoms with Crippen molar-refractivity contribution in [1.29, 1.82) is 0 Å². The SMILES string of the molecule is CCCCCCCCCCCCCCCCCC(C)(COCCCN(C)C)Oc1c[nH]ccc1=O. The lowest BCUT2D eigenvalue weighted by atomic mass is 9.97. The molecule has 204 valence electrons. The van der Waals surface area contributed by atoms with Crippen molar-refractivity contribution in [3.63, 3.8) is 0 Å². The number of rotatable bonds is 24. The Bertz CT molecular complexity index is 661. The van der Waals surface area contributed by atoms with E-state index in [1.54, 1.807) is 12.4 Å². The standard InChI is InChI=1S/C30H56N2O3/c1-5-6-7-8-9-10-11-12-13-14-15-16-17-18-19-22-30(2,27-34-25-20-24-32(3)4)35-29-26-31-23-21-28(29)33/h21,23,26H,5-20,22,24-25,27H2,1-4H3,(H,31,33). The summed E-state index contributed by atoms with van der Waals surface area (Å²) in [4.78, 5) is 17.3. The minimum Gasteiger partial charge on any atom is -0.480 e. The van der Waals surface area contributed by atoms with Crippen LogP contribution in [0.15, 0.2) is 23.3 Å². The van der Waals surface area contributed by atoms with Crippen molar-refractivity contribution < 1.29 is 9.47 Å². The monoisotopic (exact) mass is 492 g/mol. The third-order valence-electron chi connectivity index (χ3n) is 6.76. The molecule has 0 bridgehead atoms. The van der Waals surface area contributed by atoms with Crippen LogP contribution in [0.4, 0.5) is 0 Å². The topological polar surface area (TPSA) is 54.6 Å². The van der Waals surface area contributed by atoms with Crippen LogP contribution in [0.25, 0.3) is 0 Å². The normalized spacial score (nSPS) is 13.3. The number of nitrogens with one attached hydrogen (secondary N) is 1. The van der Waals surface area contributed by atoms with Crippen LogP contribution in [-0.2, 0) is 4.74 Å². The maximum absolute atomic E-state index is 12.2. The van der Waals surface area contributed by atoms with Gasteiger partial charge in [-0.2, -0.15) is 0 Å². The van der Waals surface area contributed by atoms with Gasteiger partial charge in [-0.25, -0.2) is 0 Å². The molecule has 35 heavy (non-hydrogen) atoms. The number of hydrogen-bond acceptors (Lipinski definition) is 4. The second kappa shape index (κ2) is 20.8. The lowest BCUT2D eigenvalue weighted by Gasteiger charge is -2.30. The zero-order valence-corrected chi connectivity index (χ0v) is 23.5. The summed E-state index contributed by atoms with van der Waals surface area (Å²) in [6.45, 7) is 6.59. The van der Waals surface area contributed by atoms with Gasteiger partial charge in [0.2, 0.25) is 5.43 Å². The van der Waals surface area contributed by atoms with Crippen LogP contribution in [0.1, 0.15) is 123 Å². The second-order valence-electron chi connectivity index (χ2n) is 10.8. The summed E-state index contributed by atoms with van der Waals surface area (Å²) in [5, 5.41) is 0. The third-order valence-corrected chi connectivity index (χ3v) is 6.76. The molecule has 0 spiro atoms. The zero-order chi connectivity index (χ0) is 25.6. The highest BCUT2D eigenvalue weighted by Gasteiger charge is 2.27. The van der Waals surface area contributed by atoms with E-state index < -0.39 is 5.60 Å². The molecule has 1 N–H and O–H groups in total. The molecule has 5 heteroatoms. The first-order valence-corrected chi connectivity index (χ1v) is 14.6. The van der Waals surface area contributed by atoms with Crippen molar-refractivity contribution in [3.8, 4) is 5.75 Å². The van der Waals surface area contributed by atoms with E-state index >= 15 is 0 Å². The Labute approximate surface area is 216 Å². The maximum Gasteiger partial charge on any atom is 0.223 e. The number of pyridine rings is 1. The molecule has 0 saturated carbocycles. The van der Waals surface area contributed by atoms with Gasteiger partial charge in [0.25, 0.3) is 0 Å². The Kier molecular flexibility index (Phi) is 18.9. The van der Waals surface area contributed by atoms with Gasteiger partial charge in [-0.05, 0) is 46.8 Å². The van der Waals surface area contributed by atoms with Crippen molar-refractivity contribution in [2.45, 2.75) is 129 Å². The van der Waals surface area contributed by atoms with Gasteiger partial charge in [-0.3, -0.25) is 4.79 Å². The Balaban J connectivity index is 2.19. The fraction of sp³-hybridized carbons (Fsp3) is 0.833. The van der Waals surface area contributed by atoms with Crippen molar-refractivity contribution in [2.75, 3.05) is 33.9 Å². The first kappa shape index (κ1) is 31.7. The highest BCUT2D eigenvalue weighted by atomic mass is 16.5. The lowest BCUT2D eigenvalue weighted by molar-refractivity contribution is -0.0241. The fourth-order valence-corrected chi connectivity index (χ4v) is 4.54. The largest absolute Gasteiger partial charge is 0.480 e. The lowest BCUT2D eigenvalue weighted by Crippen LogP contribution is -2.39. The van der Waals surface area contributed by atoms with E-state index in [9.17, 15) is 4.79 Å². The van der Waals surface area contributed by atoms with Crippen molar-refractivity contribution >= 4 is 0 Å². The summed E-state index contributed by atoms with van der Waals surface area (Å²) in [5.74, 6) is 0.382. The zero-order valence-electron chi connectivity index (χ0n) is 23.5. The van der Waals surface area contributed by atoms with Crippen LogP contribution in [0.2, 0.25) is 0 Å². The molecule has 0 saturated heterocycles. The summed E-state index contributed by atoms with van der Waals surface area (Å²) < 4.78 is 12.2. The van der Waals surface area contributed by atoms with Crippen LogP contribution in [-0.4, -0.2) is 49.3 Å². The number of hydrogen-bond donors (Lipinski definition) is 1. The number of nitrogens with zero attached hydrogens (tertiary/aromatic N) is 1. The molecular weight excluding hydrogens is 436 g/mol. The van der Waals surface area contributed by atoms with Gasteiger partial charge in [0.15, 0.2) is 5.75 Å². The summed E-state index contributed by atoms with van der Waals surface area (Å²) in [6.07, 6.45) is 25.5. The average Bonchev–Trinajstić information content (AvgIpc) is 2.83. The van der Waals surface area contributed by atoms with E-state index in [4.69, 9.17) is 9.47 Å². The number of unbranched alkanes of at least 4 members (excludes halogenated alkanes) is 14. The Morgan fingerprint density at radius 2 is 1.37 bits per heavy atom. The number of ether oxygens (including phenoxy) is 2. The summed E-state index contributed by atoms with van der Waals surface area (Å²) in [5.41, 5.74) is -0.567. The van der Waals surface area contributed by atoms with Gasteiger partial charge in [0, 0.05) is 25.1 Å².